The normalized spacial score (nSPS) is 18.1. The Kier molecular flexibility index (Phi) is 7.44. The Bertz CT molecular complexity index is 1130. The van der Waals surface area contributed by atoms with Crippen LogP contribution in [0.5, 0.6) is 0 Å². The lowest BCUT2D eigenvalue weighted by atomic mass is 10.1. The van der Waals surface area contributed by atoms with Crippen LogP contribution in [-0.4, -0.2) is 65.2 Å². The first-order valence-corrected chi connectivity index (χ1v) is 12.3. The first kappa shape index (κ1) is 23.6. The molecule has 0 N–H and O–H groups in total. The van der Waals surface area contributed by atoms with Gasteiger partial charge in [0.15, 0.2) is 22.1 Å². The lowest BCUT2D eigenvalue weighted by Gasteiger charge is -2.33. The zero-order valence-electron chi connectivity index (χ0n) is 18.1. The molecule has 2 aromatic rings. The third-order valence-electron chi connectivity index (χ3n) is 5.53. The summed E-state index contributed by atoms with van der Waals surface area (Å²) in [7, 11) is -3.17. The van der Waals surface area contributed by atoms with Gasteiger partial charge < -0.3 is 9.64 Å². The number of nitrogens with zero attached hydrogens (tertiary/aromatic N) is 3. The number of benzene rings is 1. The van der Waals surface area contributed by atoms with Gasteiger partial charge in [0.05, 0.1) is 18.1 Å². The van der Waals surface area contributed by atoms with Crippen LogP contribution < -0.4 is 5.56 Å². The second kappa shape index (κ2) is 10.1. The largest absolute Gasteiger partial charge is 0.451 e. The van der Waals surface area contributed by atoms with Gasteiger partial charge in [-0.3, -0.25) is 9.59 Å². The summed E-state index contributed by atoms with van der Waals surface area (Å²) in [6, 6.07) is 11.1. The summed E-state index contributed by atoms with van der Waals surface area (Å²) in [5, 5.41) is 4.06. The molecular weight excluding hydrogens is 434 g/mol. The van der Waals surface area contributed by atoms with Crippen LogP contribution in [-0.2, 0) is 25.9 Å². The van der Waals surface area contributed by atoms with Crippen molar-refractivity contribution in [3.05, 3.63) is 64.1 Å². The van der Waals surface area contributed by atoms with Crippen LogP contribution in [0.2, 0.25) is 0 Å². The standard InChI is InChI=1S/C22H27N3O6S/c1-3-16(2)25(18-11-12-32(29,30)15-18)21(27)14-31-22(28)19-9-10-20(26)24(23-19)13-17-7-5-4-6-8-17/h4-10,16,18H,3,11-15H2,1-2H3/t16-,18+/m1/s1. The summed E-state index contributed by atoms with van der Waals surface area (Å²) in [6.45, 7) is 3.41. The number of aromatic nitrogens is 2. The third kappa shape index (κ3) is 5.82. The number of carbonyl (C=O) groups is 2. The highest BCUT2D eigenvalue weighted by atomic mass is 32.2. The van der Waals surface area contributed by atoms with Gasteiger partial charge in [0.25, 0.3) is 11.5 Å². The third-order valence-corrected chi connectivity index (χ3v) is 7.28. The molecule has 0 saturated carbocycles. The van der Waals surface area contributed by atoms with Crippen molar-refractivity contribution in [1.82, 2.24) is 14.7 Å². The Morgan fingerprint density at radius 2 is 1.94 bits per heavy atom. The number of ether oxygens (including phenoxy) is 1. The first-order chi connectivity index (χ1) is 15.2. The molecule has 32 heavy (non-hydrogen) atoms. The van der Waals surface area contributed by atoms with E-state index >= 15 is 0 Å². The van der Waals surface area contributed by atoms with Gasteiger partial charge in [-0.2, -0.15) is 5.10 Å². The summed E-state index contributed by atoms with van der Waals surface area (Å²) in [4.78, 5) is 38.9. The molecule has 1 aromatic carbocycles. The van der Waals surface area contributed by atoms with Crippen LogP contribution >= 0.6 is 0 Å². The average molecular weight is 462 g/mol. The quantitative estimate of drug-likeness (QED) is 0.544. The van der Waals surface area contributed by atoms with E-state index in [1.807, 2.05) is 44.2 Å². The SMILES string of the molecule is CC[C@@H](C)N(C(=O)COC(=O)c1ccc(=O)n(Cc2ccccc2)n1)[C@H]1CCS(=O)(=O)C1. The molecule has 0 bridgehead atoms. The van der Waals surface area contributed by atoms with Crippen LogP contribution in [0.25, 0.3) is 0 Å². The van der Waals surface area contributed by atoms with Crippen molar-refractivity contribution in [2.45, 2.75) is 45.3 Å². The van der Waals surface area contributed by atoms with Gasteiger partial charge in [-0.15, -0.1) is 0 Å². The minimum Gasteiger partial charge on any atom is -0.451 e. The predicted molar refractivity (Wildman–Crippen MR) is 118 cm³/mol. The van der Waals surface area contributed by atoms with Crippen molar-refractivity contribution in [3.63, 3.8) is 0 Å². The zero-order chi connectivity index (χ0) is 23.3. The fourth-order valence-electron chi connectivity index (χ4n) is 3.70. The van der Waals surface area contributed by atoms with Crippen molar-refractivity contribution in [2.75, 3.05) is 18.1 Å². The van der Waals surface area contributed by atoms with Crippen LogP contribution in [0.1, 0.15) is 42.7 Å². The number of hydrogen-bond acceptors (Lipinski definition) is 7. The molecule has 10 heteroatoms. The van der Waals surface area contributed by atoms with E-state index in [4.69, 9.17) is 4.74 Å². The van der Waals surface area contributed by atoms with Gasteiger partial charge in [0.1, 0.15) is 0 Å². The molecule has 0 radical (unpaired) electrons. The molecule has 1 aliphatic heterocycles. The van der Waals surface area contributed by atoms with E-state index in [0.717, 1.165) is 10.2 Å². The fourth-order valence-corrected chi connectivity index (χ4v) is 5.42. The van der Waals surface area contributed by atoms with Crippen molar-refractivity contribution in [1.29, 1.82) is 0 Å². The summed E-state index contributed by atoms with van der Waals surface area (Å²) >= 11 is 0. The van der Waals surface area contributed by atoms with Crippen molar-refractivity contribution >= 4 is 21.7 Å². The molecule has 0 spiro atoms. The molecule has 1 fully saturated rings. The van der Waals surface area contributed by atoms with E-state index in [1.54, 1.807) is 0 Å². The van der Waals surface area contributed by atoms with E-state index < -0.39 is 34.4 Å². The monoisotopic (exact) mass is 461 g/mol. The molecule has 2 heterocycles. The summed E-state index contributed by atoms with van der Waals surface area (Å²) in [6.07, 6.45) is 1.01. The summed E-state index contributed by atoms with van der Waals surface area (Å²) < 4.78 is 30.0. The molecule has 0 unspecified atom stereocenters. The van der Waals surface area contributed by atoms with Crippen LogP contribution in [0.3, 0.4) is 0 Å². The molecule has 1 saturated heterocycles. The molecule has 9 nitrogen and oxygen atoms in total. The number of sulfone groups is 1. The van der Waals surface area contributed by atoms with Gasteiger partial charge in [-0.1, -0.05) is 37.3 Å². The van der Waals surface area contributed by atoms with Gasteiger partial charge in [-0.25, -0.2) is 17.9 Å². The Balaban J connectivity index is 1.68. The Morgan fingerprint density at radius 1 is 1.22 bits per heavy atom. The van der Waals surface area contributed by atoms with Gasteiger partial charge >= 0.3 is 5.97 Å². The first-order valence-electron chi connectivity index (χ1n) is 10.5. The summed E-state index contributed by atoms with van der Waals surface area (Å²) in [5.41, 5.74) is 0.386. The van der Waals surface area contributed by atoms with Crippen LogP contribution in [0.15, 0.2) is 47.3 Å². The average Bonchev–Trinajstić information content (AvgIpc) is 3.13. The zero-order valence-corrected chi connectivity index (χ0v) is 19.0. The van der Waals surface area contributed by atoms with Gasteiger partial charge in [-0.05, 0) is 31.4 Å². The predicted octanol–water partition coefficient (Wildman–Crippen LogP) is 1.26. The lowest BCUT2D eigenvalue weighted by molar-refractivity contribution is -0.138. The maximum atomic E-state index is 12.8. The minimum absolute atomic E-state index is 0.0462. The van der Waals surface area contributed by atoms with Crippen LogP contribution in [0, 0.1) is 0 Å². The molecule has 172 valence electrons. The van der Waals surface area contributed by atoms with Crippen molar-refractivity contribution in [2.24, 2.45) is 0 Å². The van der Waals surface area contributed by atoms with Gasteiger partial charge in [0, 0.05) is 18.2 Å². The number of carbonyl (C=O) groups excluding carboxylic acids is 2. The van der Waals surface area contributed by atoms with Gasteiger partial charge in [0.2, 0.25) is 0 Å². The molecule has 1 aliphatic rings. The van der Waals surface area contributed by atoms with E-state index in [2.05, 4.69) is 5.10 Å². The lowest BCUT2D eigenvalue weighted by Crippen LogP contribution is -2.48. The Hall–Kier alpha value is -3.01. The Morgan fingerprint density at radius 3 is 2.56 bits per heavy atom. The molecule has 1 aromatic heterocycles. The highest BCUT2D eigenvalue weighted by Crippen LogP contribution is 2.21. The number of amides is 1. The van der Waals surface area contributed by atoms with Crippen molar-refractivity contribution < 1.29 is 22.7 Å². The Labute approximate surface area is 186 Å². The molecule has 3 rings (SSSR count). The highest BCUT2D eigenvalue weighted by Gasteiger charge is 2.36. The summed E-state index contributed by atoms with van der Waals surface area (Å²) in [5.74, 6) is -1.32. The maximum Gasteiger partial charge on any atom is 0.359 e. The number of hydrogen-bond donors (Lipinski definition) is 0. The molecule has 0 aliphatic carbocycles. The smallest absolute Gasteiger partial charge is 0.359 e. The molecule has 1 amide bonds. The molecular formula is C22H27N3O6S. The maximum absolute atomic E-state index is 12.8. The second-order valence-electron chi connectivity index (χ2n) is 7.89. The van der Waals surface area contributed by atoms with E-state index in [9.17, 15) is 22.8 Å². The van der Waals surface area contributed by atoms with Crippen LogP contribution in [0.4, 0.5) is 0 Å². The number of rotatable bonds is 8. The topological polar surface area (TPSA) is 116 Å². The minimum atomic E-state index is -3.17. The molecule has 2 atom stereocenters. The van der Waals surface area contributed by atoms with E-state index in [1.165, 1.54) is 17.0 Å². The number of esters is 1. The van der Waals surface area contributed by atoms with Crippen molar-refractivity contribution in [3.8, 4) is 0 Å². The van der Waals surface area contributed by atoms with E-state index in [-0.39, 0.29) is 35.3 Å². The second-order valence-corrected chi connectivity index (χ2v) is 10.1. The van der Waals surface area contributed by atoms with E-state index in [0.29, 0.717) is 12.8 Å². The highest BCUT2D eigenvalue weighted by molar-refractivity contribution is 7.91. The fraction of sp³-hybridized carbons (Fsp3) is 0.455.